The second-order valence-electron chi connectivity index (χ2n) is 12.6. The summed E-state index contributed by atoms with van der Waals surface area (Å²) in [5.74, 6) is -0.156. The van der Waals surface area contributed by atoms with Gasteiger partial charge in [-0.3, -0.25) is 9.59 Å². The Bertz CT molecular complexity index is 1930. The first kappa shape index (κ1) is 38.3. The number of ether oxygens (including phenoxy) is 3. The largest absolute Gasteiger partial charge is 0.612 e. The summed E-state index contributed by atoms with van der Waals surface area (Å²) in [5.41, 5.74) is 2.40. The highest BCUT2D eigenvalue weighted by Crippen LogP contribution is 2.37. The van der Waals surface area contributed by atoms with E-state index >= 15 is 0 Å². The number of nitriles is 1. The number of fused-ring (bicyclic) bond motifs is 1. The molecule has 51 heavy (non-hydrogen) atoms. The maximum absolute atomic E-state index is 14.6. The van der Waals surface area contributed by atoms with Crippen molar-refractivity contribution in [1.29, 1.82) is 5.26 Å². The molecule has 1 unspecified atom stereocenters. The Morgan fingerprint density at radius 1 is 1.02 bits per heavy atom. The third-order valence-electron chi connectivity index (χ3n) is 9.58. The summed E-state index contributed by atoms with van der Waals surface area (Å²) in [5, 5.41) is 12.1. The molecule has 0 aliphatic carbocycles. The molecule has 1 aliphatic rings. The number of nitrogens with zero attached hydrogens (tertiary/aromatic N) is 3. The number of esters is 1. The Balaban J connectivity index is 1.42. The topological polar surface area (TPSA) is 115 Å². The number of likely N-dealkylation sites (tertiary alicyclic amines) is 1. The summed E-state index contributed by atoms with van der Waals surface area (Å²) >= 11 is 11.7. The minimum absolute atomic E-state index is 0.150. The summed E-state index contributed by atoms with van der Waals surface area (Å²) < 4.78 is 28.6. The molecule has 1 aliphatic heterocycles. The van der Waals surface area contributed by atoms with Gasteiger partial charge in [-0.25, -0.2) is 0 Å². The van der Waals surface area contributed by atoms with Gasteiger partial charge in [0.15, 0.2) is 4.90 Å². The van der Waals surface area contributed by atoms with E-state index in [1.54, 1.807) is 31.6 Å². The standard InChI is InChI=1S/C39H41Cl2N3O6S/c1-48-30-10-11-31(35(21-30)51(4)47)25-13-16-43(17-14-25)18-15-28(26-9-12-33(40)34(41)20-26)23-44(24-36(45)49-2)39(46)37-32-8-6-5-7-27(32)19-29(22-42)38(37)50-3/h5-12,19-21,25,28H,13-18,23-24H2,1-4H3/t28?,51-/m0/s1. The number of hydrogen-bond donors (Lipinski definition) is 0. The summed E-state index contributed by atoms with van der Waals surface area (Å²) in [6.07, 6.45) is 4.16. The lowest BCUT2D eigenvalue weighted by Crippen LogP contribution is -2.40. The van der Waals surface area contributed by atoms with Crippen LogP contribution >= 0.6 is 23.2 Å². The predicted molar refractivity (Wildman–Crippen MR) is 201 cm³/mol. The average Bonchev–Trinajstić information content (AvgIpc) is 3.15. The number of piperidine rings is 1. The minimum Gasteiger partial charge on any atom is -0.612 e. The Labute approximate surface area is 312 Å². The third kappa shape index (κ3) is 8.91. The number of amides is 1. The van der Waals surface area contributed by atoms with Gasteiger partial charge in [-0.05, 0) is 96.6 Å². The van der Waals surface area contributed by atoms with E-state index in [4.69, 9.17) is 37.4 Å². The fourth-order valence-electron chi connectivity index (χ4n) is 6.86. The second kappa shape index (κ2) is 17.5. The Hall–Kier alpha value is -3.98. The Morgan fingerprint density at radius 3 is 2.41 bits per heavy atom. The number of hydrogen-bond acceptors (Lipinski definition) is 8. The first-order valence-corrected chi connectivity index (χ1v) is 18.9. The molecule has 9 nitrogen and oxygen atoms in total. The quantitative estimate of drug-likeness (QED) is 0.102. The van der Waals surface area contributed by atoms with Crippen LogP contribution in [0.25, 0.3) is 10.8 Å². The maximum atomic E-state index is 14.6. The summed E-state index contributed by atoms with van der Waals surface area (Å²) in [7, 11) is 4.31. The van der Waals surface area contributed by atoms with Gasteiger partial charge in [0.2, 0.25) is 0 Å². The molecule has 4 aromatic carbocycles. The zero-order valence-electron chi connectivity index (χ0n) is 29.1. The summed E-state index contributed by atoms with van der Waals surface area (Å²) in [6, 6.07) is 22.4. The van der Waals surface area contributed by atoms with E-state index in [0.29, 0.717) is 33.0 Å². The fraction of sp³-hybridized carbons (Fsp3) is 0.359. The van der Waals surface area contributed by atoms with E-state index in [1.807, 2.05) is 48.5 Å². The zero-order valence-corrected chi connectivity index (χ0v) is 31.4. The lowest BCUT2D eigenvalue weighted by atomic mass is 9.88. The number of rotatable bonds is 13. The van der Waals surface area contributed by atoms with Crippen molar-refractivity contribution in [1.82, 2.24) is 9.80 Å². The van der Waals surface area contributed by atoms with Crippen molar-refractivity contribution in [2.75, 3.05) is 60.3 Å². The molecule has 1 heterocycles. The van der Waals surface area contributed by atoms with Crippen LogP contribution in [0, 0.1) is 11.3 Å². The number of halogens is 2. The highest BCUT2D eigenvalue weighted by molar-refractivity contribution is 7.90. The van der Waals surface area contributed by atoms with Crippen molar-refractivity contribution in [3.8, 4) is 17.6 Å². The average molecular weight is 751 g/mol. The van der Waals surface area contributed by atoms with Gasteiger partial charge in [-0.15, -0.1) is 0 Å². The van der Waals surface area contributed by atoms with Crippen LogP contribution in [0.4, 0.5) is 0 Å². The highest BCUT2D eigenvalue weighted by atomic mass is 35.5. The van der Waals surface area contributed by atoms with Gasteiger partial charge >= 0.3 is 5.97 Å². The van der Waals surface area contributed by atoms with Gasteiger partial charge in [-0.2, -0.15) is 5.26 Å². The van der Waals surface area contributed by atoms with E-state index in [-0.39, 0.29) is 41.8 Å². The van der Waals surface area contributed by atoms with Gasteiger partial charge < -0.3 is 28.6 Å². The Kier molecular flexibility index (Phi) is 13.1. The summed E-state index contributed by atoms with van der Waals surface area (Å²) in [4.78, 5) is 32.1. The van der Waals surface area contributed by atoms with Crippen LogP contribution in [0.2, 0.25) is 10.0 Å². The molecule has 0 N–H and O–H groups in total. The van der Waals surface area contributed by atoms with Crippen LogP contribution < -0.4 is 9.47 Å². The molecule has 4 aromatic rings. The molecular formula is C39H41Cl2N3O6S. The van der Waals surface area contributed by atoms with Crippen molar-refractivity contribution >= 4 is 57.0 Å². The minimum atomic E-state index is -1.14. The van der Waals surface area contributed by atoms with E-state index in [9.17, 15) is 19.4 Å². The number of carbonyl (C=O) groups is 2. The van der Waals surface area contributed by atoms with Crippen LogP contribution in [0.15, 0.2) is 71.6 Å². The molecule has 12 heteroatoms. The molecule has 1 saturated heterocycles. The van der Waals surface area contributed by atoms with Gasteiger partial charge in [0.1, 0.15) is 30.4 Å². The highest BCUT2D eigenvalue weighted by Gasteiger charge is 2.31. The number of benzene rings is 4. The third-order valence-corrected chi connectivity index (χ3v) is 11.3. The molecule has 0 bridgehead atoms. The fourth-order valence-corrected chi connectivity index (χ4v) is 8.02. The van der Waals surface area contributed by atoms with Crippen LogP contribution in [-0.2, 0) is 20.7 Å². The van der Waals surface area contributed by atoms with Crippen molar-refractivity contribution in [3.05, 3.63) is 99.0 Å². The second-order valence-corrected chi connectivity index (χ2v) is 14.7. The van der Waals surface area contributed by atoms with Crippen molar-refractivity contribution in [3.63, 3.8) is 0 Å². The lowest BCUT2D eigenvalue weighted by molar-refractivity contribution is -0.141. The van der Waals surface area contributed by atoms with Crippen molar-refractivity contribution < 1.29 is 28.4 Å². The van der Waals surface area contributed by atoms with Gasteiger partial charge in [0.05, 0.1) is 42.5 Å². The molecule has 5 rings (SSSR count). The lowest BCUT2D eigenvalue weighted by Gasteiger charge is -2.34. The molecule has 2 atom stereocenters. The van der Waals surface area contributed by atoms with Crippen molar-refractivity contribution in [2.45, 2.75) is 36.0 Å². The van der Waals surface area contributed by atoms with Gasteiger partial charge in [-0.1, -0.05) is 59.6 Å². The molecule has 0 radical (unpaired) electrons. The monoisotopic (exact) mass is 749 g/mol. The SMILES string of the molecule is COC(=O)CN(CC(CCN1CCC(c2ccc(OC)cc2[S@+](C)[O-])CC1)c1ccc(Cl)c(Cl)c1)C(=O)c1c(OC)c(C#N)cc2ccccc12. The van der Waals surface area contributed by atoms with E-state index in [1.165, 1.54) is 19.1 Å². The van der Waals surface area contributed by atoms with Gasteiger partial charge in [0, 0.05) is 24.1 Å². The molecule has 1 fully saturated rings. The smallest absolute Gasteiger partial charge is 0.325 e. The number of methoxy groups -OCH3 is 3. The Morgan fingerprint density at radius 2 is 1.76 bits per heavy atom. The molecule has 0 spiro atoms. The first-order chi connectivity index (χ1) is 24.6. The first-order valence-electron chi connectivity index (χ1n) is 16.6. The molecule has 268 valence electrons. The number of carbonyl (C=O) groups excluding carboxylic acids is 2. The molecule has 0 aromatic heterocycles. The van der Waals surface area contributed by atoms with E-state index < -0.39 is 23.1 Å². The van der Waals surface area contributed by atoms with Crippen LogP contribution in [0.1, 0.15) is 58.1 Å². The zero-order chi connectivity index (χ0) is 36.7. The van der Waals surface area contributed by atoms with Crippen LogP contribution in [-0.4, -0.2) is 86.5 Å². The van der Waals surface area contributed by atoms with E-state index in [2.05, 4.69) is 11.0 Å². The molecular weight excluding hydrogens is 709 g/mol. The van der Waals surface area contributed by atoms with Crippen molar-refractivity contribution in [2.24, 2.45) is 0 Å². The molecule has 0 saturated carbocycles. The normalized spacial score (nSPS) is 14.8. The predicted octanol–water partition coefficient (Wildman–Crippen LogP) is 7.44. The molecule has 1 amide bonds. The van der Waals surface area contributed by atoms with E-state index in [0.717, 1.165) is 48.5 Å². The maximum Gasteiger partial charge on any atom is 0.325 e. The van der Waals surface area contributed by atoms with Crippen LogP contribution in [0.3, 0.4) is 0 Å². The van der Waals surface area contributed by atoms with Crippen LogP contribution in [0.5, 0.6) is 11.5 Å². The summed E-state index contributed by atoms with van der Waals surface area (Å²) in [6.45, 7) is 2.26. The van der Waals surface area contributed by atoms with Gasteiger partial charge in [0.25, 0.3) is 5.91 Å².